The van der Waals surface area contributed by atoms with Crippen LogP contribution in [0.2, 0.25) is 0 Å². The van der Waals surface area contributed by atoms with E-state index in [1.54, 1.807) is 17.2 Å². The molecule has 0 radical (unpaired) electrons. The molecule has 3 rings (SSSR count). The van der Waals surface area contributed by atoms with Crippen molar-refractivity contribution in [1.29, 1.82) is 0 Å². The molecule has 0 bridgehead atoms. The van der Waals surface area contributed by atoms with Crippen molar-refractivity contribution in [2.24, 2.45) is 11.0 Å². The van der Waals surface area contributed by atoms with Crippen LogP contribution in [0.25, 0.3) is 0 Å². The lowest BCUT2D eigenvalue weighted by Crippen LogP contribution is -2.30. The van der Waals surface area contributed by atoms with Crippen LogP contribution >= 0.6 is 0 Å². The monoisotopic (exact) mass is 339 g/mol. The van der Waals surface area contributed by atoms with Crippen molar-refractivity contribution in [3.05, 3.63) is 60.1 Å². The van der Waals surface area contributed by atoms with E-state index in [0.717, 1.165) is 11.3 Å². The van der Waals surface area contributed by atoms with Crippen molar-refractivity contribution in [3.8, 4) is 0 Å². The molecule has 1 fully saturated rings. The van der Waals surface area contributed by atoms with Gasteiger partial charge in [0.15, 0.2) is 0 Å². The highest BCUT2D eigenvalue weighted by atomic mass is 16.3. The molecule has 0 saturated carbocycles. The average Bonchev–Trinajstić information content (AvgIpc) is 3.27. The Bertz CT molecular complexity index is 753. The number of hydrogen-bond donors (Lipinski definition) is 1. The summed E-state index contributed by atoms with van der Waals surface area (Å²) in [6, 6.07) is 13.3. The summed E-state index contributed by atoms with van der Waals surface area (Å²) < 4.78 is 5.27. The standard InChI is InChI=1S/C19H21N3O3/c1-2-17(14-7-4-3-5-8-14)20-21-19(24)15-11-18(23)22(12-15)13-16-9-6-10-25-16/h3-10,15H,2,11-13H2,1H3,(H,21,24)/b20-17+. The van der Waals surface area contributed by atoms with Gasteiger partial charge in [-0.05, 0) is 24.1 Å². The Labute approximate surface area is 146 Å². The maximum Gasteiger partial charge on any atom is 0.245 e. The summed E-state index contributed by atoms with van der Waals surface area (Å²) >= 11 is 0. The summed E-state index contributed by atoms with van der Waals surface area (Å²) in [4.78, 5) is 26.1. The third-order valence-electron chi connectivity index (χ3n) is 4.26. The second-order valence-electron chi connectivity index (χ2n) is 6.01. The minimum atomic E-state index is -0.389. The molecular weight excluding hydrogens is 318 g/mol. The van der Waals surface area contributed by atoms with Crippen LogP contribution in [0.15, 0.2) is 58.2 Å². The zero-order valence-corrected chi connectivity index (χ0v) is 14.1. The van der Waals surface area contributed by atoms with Crippen LogP contribution in [0.1, 0.15) is 31.1 Å². The largest absolute Gasteiger partial charge is 0.467 e. The Balaban J connectivity index is 1.60. The fourth-order valence-electron chi connectivity index (χ4n) is 2.88. The third kappa shape index (κ3) is 4.15. The van der Waals surface area contributed by atoms with Crippen LogP contribution < -0.4 is 5.43 Å². The van der Waals surface area contributed by atoms with Gasteiger partial charge in [-0.3, -0.25) is 9.59 Å². The Morgan fingerprint density at radius 3 is 2.76 bits per heavy atom. The molecule has 6 heteroatoms. The first-order valence-electron chi connectivity index (χ1n) is 8.39. The topological polar surface area (TPSA) is 74.9 Å². The summed E-state index contributed by atoms with van der Waals surface area (Å²) in [5.74, 6) is 0.0568. The van der Waals surface area contributed by atoms with Crippen molar-refractivity contribution in [2.45, 2.75) is 26.3 Å². The number of benzene rings is 1. The molecule has 130 valence electrons. The van der Waals surface area contributed by atoms with E-state index in [-0.39, 0.29) is 24.2 Å². The van der Waals surface area contributed by atoms with E-state index in [1.807, 2.05) is 43.3 Å². The van der Waals surface area contributed by atoms with Gasteiger partial charge in [-0.2, -0.15) is 5.10 Å². The summed E-state index contributed by atoms with van der Waals surface area (Å²) in [6.07, 6.45) is 2.48. The van der Waals surface area contributed by atoms with Crippen LogP contribution in [0.4, 0.5) is 0 Å². The minimum Gasteiger partial charge on any atom is -0.467 e. The third-order valence-corrected chi connectivity index (χ3v) is 4.26. The molecule has 2 amide bonds. The fourth-order valence-corrected chi connectivity index (χ4v) is 2.88. The molecule has 1 aliphatic rings. The van der Waals surface area contributed by atoms with E-state index in [4.69, 9.17) is 4.42 Å². The molecule has 1 unspecified atom stereocenters. The van der Waals surface area contributed by atoms with E-state index in [9.17, 15) is 9.59 Å². The van der Waals surface area contributed by atoms with Gasteiger partial charge in [-0.15, -0.1) is 0 Å². The van der Waals surface area contributed by atoms with E-state index < -0.39 is 0 Å². The van der Waals surface area contributed by atoms with Gasteiger partial charge in [0.05, 0.1) is 24.4 Å². The highest BCUT2D eigenvalue weighted by Gasteiger charge is 2.34. The molecule has 1 aliphatic heterocycles. The van der Waals surface area contributed by atoms with Gasteiger partial charge in [0, 0.05) is 13.0 Å². The van der Waals surface area contributed by atoms with Crippen LogP contribution in [-0.4, -0.2) is 29.0 Å². The van der Waals surface area contributed by atoms with E-state index >= 15 is 0 Å². The van der Waals surface area contributed by atoms with Gasteiger partial charge >= 0.3 is 0 Å². The molecule has 2 heterocycles. The highest BCUT2D eigenvalue weighted by Crippen LogP contribution is 2.20. The Morgan fingerprint density at radius 2 is 2.08 bits per heavy atom. The Kier molecular flexibility index (Phi) is 5.28. The lowest BCUT2D eigenvalue weighted by Gasteiger charge is -2.14. The first kappa shape index (κ1) is 17.0. The highest BCUT2D eigenvalue weighted by molar-refractivity contribution is 6.01. The molecule has 6 nitrogen and oxygen atoms in total. The smallest absolute Gasteiger partial charge is 0.245 e. The first-order valence-corrected chi connectivity index (χ1v) is 8.39. The zero-order valence-electron chi connectivity index (χ0n) is 14.1. The van der Waals surface area contributed by atoms with Crippen molar-refractivity contribution in [2.75, 3.05) is 6.54 Å². The summed E-state index contributed by atoms with van der Waals surface area (Å²) in [6.45, 7) is 2.76. The maximum atomic E-state index is 12.4. The minimum absolute atomic E-state index is 0.0423. The second kappa shape index (κ2) is 7.79. The predicted octanol–water partition coefficient (Wildman–Crippen LogP) is 2.56. The number of likely N-dealkylation sites (tertiary alicyclic amines) is 1. The Hall–Kier alpha value is -2.89. The number of nitrogens with zero attached hydrogens (tertiary/aromatic N) is 2. The van der Waals surface area contributed by atoms with Gasteiger partial charge < -0.3 is 9.32 Å². The van der Waals surface area contributed by atoms with Gasteiger partial charge in [-0.25, -0.2) is 5.43 Å². The molecule has 25 heavy (non-hydrogen) atoms. The van der Waals surface area contributed by atoms with Crippen LogP contribution in [0, 0.1) is 5.92 Å². The number of rotatable bonds is 6. The lowest BCUT2D eigenvalue weighted by molar-refractivity contribution is -0.129. The summed E-state index contributed by atoms with van der Waals surface area (Å²) in [5, 5.41) is 4.25. The van der Waals surface area contributed by atoms with Crippen molar-refractivity contribution >= 4 is 17.5 Å². The quantitative estimate of drug-likeness (QED) is 0.649. The van der Waals surface area contributed by atoms with Gasteiger partial charge in [-0.1, -0.05) is 37.3 Å². The van der Waals surface area contributed by atoms with E-state index in [2.05, 4.69) is 10.5 Å². The number of amides is 2. The van der Waals surface area contributed by atoms with Gasteiger partial charge in [0.1, 0.15) is 5.76 Å². The molecule has 1 N–H and O–H groups in total. The van der Waals surface area contributed by atoms with E-state index in [1.165, 1.54) is 0 Å². The normalized spacial score (nSPS) is 17.8. The molecule has 2 aromatic rings. The van der Waals surface area contributed by atoms with Crippen LogP contribution in [0.5, 0.6) is 0 Å². The predicted molar refractivity (Wildman–Crippen MR) is 93.6 cm³/mol. The molecule has 1 saturated heterocycles. The average molecular weight is 339 g/mol. The number of hydrazone groups is 1. The Morgan fingerprint density at radius 1 is 1.28 bits per heavy atom. The lowest BCUT2D eigenvalue weighted by atomic mass is 10.1. The number of furan rings is 1. The number of carbonyl (C=O) groups excluding carboxylic acids is 2. The maximum absolute atomic E-state index is 12.4. The summed E-state index contributed by atoms with van der Waals surface area (Å²) in [7, 11) is 0. The SMILES string of the molecule is CC/C(=N\NC(=O)C1CC(=O)N(Cc2ccco2)C1)c1ccccc1. The fraction of sp³-hybridized carbons (Fsp3) is 0.316. The molecule has 0 spiro atoms. The van der Waals surface area contributed by atoms with Crippen LogP contribution in [0.3, 0.4) is 0 Å². The van der Waals surface area contributed by atoms with Crippen LogP contribution in [-0.2, 0) is 16.1 Å². The number of hydrogen-bond acceptors (Lipinski definition) is 4. The van der Waals surface area contributed by atoms with Crippen molar-refractivity contribution < 1.29 is 14.0 Å². The molecular formula is C19H21N3O3. The first-order chi connectivity index (χ1) is 12.2. The van der Waals surface area contributed by atoms with E-state index in [0.29, 0.717) is 25.3 Å². The molecule has 1 aromatic heterocycles. The molecule has 1 atom stereocenters. The molecule has 0 aliphatic carbocycles. The second-order valence-corrected chi connectivity index (χ2v) is 6.01. The van der Waals surface area contributed by atoms with Crippen molar-refractivity contribution in [3.63, 3.8) is 0 Å². The van der Waals surface area contributed by atoms with Gasteiger partial charge in [0.25, 0.3) is 0 Å². The molecule has 1 aromatic carbocycles. The number of nitrogens with one attached hydrogen (secondary N) is 1. The number of carbonyl (C=O) groups is 2. The summed E-state index contributed by atoms with van der Waals surface area (Å²) in [5.41, 5.74) is 4.41. The van der Waals surface area contributed by atoms with Crippen molar-refractivity contribution in [1.82, 2.24) is 10.3 Å². The van der Waals surface area contributed by atoms with Gasteiger partial charge in [0.2, 0.25) is 11.8 Å². The zero-order chi connectivity index (χ0) is 17.6.